The van der Waals surface area contributed by atoms with Crippen molar-refractivity contribution in [2.45, 2.75) is 33.2 Å². The van der Waals surface area contributed by atoms with E-state index in [0.29, 0.717) is 5.82 Å². The molecule has 0 aliphatic heterocycles. The Balaban J connectivity index is 2.22. The lowest BCUT2D eigenvalue weighted by Gasteiger charge is -2.19. The van der Waals surface area contributed by atoms with Crippen molar-refractivity contribution < 1.29 is 0 Å². The number of rotatable bonds is 6. The molecule has 0 amide bonds. The van der Waals surface area contributed by atoms with Crippen LogP contribution in [0.3, 0.4) is 0 Å². The molecule has 0 radical (unpaired) electrons. The minimum absolute atomic E-state index is 0.514. The van der Waals surface area contributed by atoms with E-state index in [-0.39, 0.29) is 0 Å². The van der Waals surface area contributed by atoms with Gasteiger partial charge in [-0.25, -0.2) is 9.97 Å². The molecule has 19 heavy (non-hydrogen) atoms. The lowest BCUT2D eigenvalue weighted by Crippen LogP contribution is -2.25. The maximum absolute atomic E-state index is 5.96. The van der Waals surface area contributed by atoms with Crippen LogP contribution in [-0.4, -0.2) is 37.7 Å². The van der Waals surface area contributed by atoms with Gasteiger partial charge in [-0.3, -0.25) is 9.58 Å². The largest absolute Gasteiger partial charge is 0.383 e. The number of unbranched alkanes of at least 4 members (excludes halogenated alkanes) is 1. The monoisotopic (exact) mass is 262 g/mol. The van der Waals surface area contributed by atoms with Gasteiger partial charge in [-0.05, 0) is 19.5 Å². The van der Waals surface area contributed by atoms with Crippen LogP contribution >= 0.6 is 0 Å². The van der Waals surface area contributed by atoms with Crippen molar-refractivity contribution >= 4 is 16.9 Å². The van der Waals surface area contributed by atoms with E-state index in [1.54, 1.807) is 10.9 Å². The van der Waals surface area contributed by atoms with Crippen LogP contribution in [0.15, 0.2) is 6.20 Å². The molecular weight excluding hydrogens is 240 g/mol. The quantitative estimate of drug-likeness (QED) is 0.855. The average Bonchev–Trinajstić information content (AvgIpc) is 2.77. The Morgan fingerprint density at radius 2 is 2.11 bits per heavy atom. The van der Waals surface area contributed by atoms with E-state index in [0.717, 1.165) is 36.5 Å². The molecule has 0 saturated heterocycles. The summed E-state index contributed by atoms with van der Waals surface area (Å²) < 4.78 is 1.74. The lowest BCUT2D eigenvalue weighted by atomic mass is 10.3. The normalized spacial score (nSPS) is 11.6. The van der Waals surface area contributed by atoms with Gasteiger partial charge >= 0.3 is 0 Å². The van der Waals surface area contributed by atoms with Gasteiger partial charge in [0, 0.05) is 7.05 Å². The first-order chi connectivity index (χ1) is 9.15. The second kappa shape index (κ2) is 5.97. The highest BCUT2D eigenvalue weighted by Gasteiger charge is 2.11. The second-order valence-electron chi connectivity index (χ2n) is 4.75. The van der Waals surface area contributed by atoms with Crippen molar-refractivity contribution in [3.8, 4) is 0 Å². The molecule has 2 heterocycles. The third kappa shape index (κ3) is 3.01. The predicted octanol–water partition coefficient (Wildman–Crippen LogP) is 1.57. The first-order valence-corrected chi connectivity index (χ1v) is 6.82. The summed E-state index contributed by atoms with van der Waals surface area (Å²) in [6, 6.07) is 0. The summed E-state index contributed by atoms with van der Waals surface area (Å²) in [7, 11) is 1.87. The standard InChI is InChI=1S/C13H22N6/c1-4-6-7-19(5-2)9-11-16-12(14)10-8-15-18(3)13(10)17-11/h8H,4-7,9H2,1-3H3,(H2,14,16,17). The summed E-state index contributed by atoms with van der Waals surface area (Å²) in [5, 5.41) is 4.99. The van der Waals surface area contributed by atoms with Crippen molar-refractivity contribution in [1.29, 1.82) is 0 Å². The number of hydrogen-bond donors (Lipinski definition) is 1. The number of nitrogens with two attached hydrogens (primary N) is 1. The van der Waals surface area contributed by atoms with E-state index in [2.05, 4.69) is 33.8 Å². The van der Waals surface area contributed by atoms with Gasteiger partial charge < -0.3 is 5.73 Å². The van der Waals surface area contributed by atoms with E-state index < -0.39 is 0 Å². The molecule has 0 aromatic carbocycles. The minimum Gasteiger partial charge on any atom is -0.383 e. The summed E-state index contributed by atoms with van der Waals surface area (Å²) in [4.78, 5) is 11.3. The number of fused-ring (bicyclic) bond motifs is 1. The number of nitrogens with zero attached hydrogens (tertiary/aromatic N) is 5. The number of hydrogen-bond acceptors (Lipinski definition) is 5. The van der Waals surface area contributed by atoms with Crippen LogP contribution in [0.2, 0.25) is 0 Å². The molecule has 0 unspecified atom stereocenters. The fraction of sp³-hybridized carbons (Fsp3) is 0.615. The van der Waals surface area contributed by atoms with Crippen LogP contribution in [0.25, 0.3) is 11.0 Å². The molecule has 0 atom stereocenters. The van der Waals surface area contributed by atoms with Gasteiger partial charge in [0.05, 0.1) is 18.1 Å². The second-order valence-corrected chi connectivity index (χ2v) is 4.75. The molecule has 0 aliphatic rings. The van der Waals surface area contributed by atoms with Crippen molar-refractivity contribution in [2.24, 2.45) is 7.05 Å². The highest BCUT2D eigenvalue weighted by molar-refractivity contribution is 5.84. The maximum atomic E-state index is 5.96. The highest BCUT2D eigenvalue weighted by atomic mass is 15.3. The van der Waals surface area contributed by atoms with Crippen molar-refractivity contribution in [2.75, 3.05) is 18.8 Å². The zero-order valence-electron chi connectivity index (χ0n) is 11.9. The Morgan fingerprint density at radius 1 is 1.32 bits per heavy atom. The minimum atomic E-state index is 0.514. The number of aryl methyl sites for hydroxylation is 1. The smallest absolute Gasteiger partial charge is 0.163 e. The Labute approximate surface area is 113 Å². The SMILES string of the molecule is CCCCN(CC)Cc1nc(N)c2cnn(C)c2n1. The molecule has 2 N–H and O–H groups in total. The van der Waals surface area contributed by atoms with Crippen LogP contribution in [0.5, 0.6) is 0 Å². The lowest BCUT2D eigenvalue weighted by molar-refractivity contribution is 0.269. The van der Waals surface area contributed by atoms with Crippen molar-refractivity contribution in [3.05, 3.63) is 12.0 Å². The van der Waals surface area contributed by atoms with Gasteiger partial charge in [0.2, 0.25) is 0 Å². The Morgan fingerprint density at radius 3 is 2.79 bits per heavy atom. The Kier molecular flexibility index (Phi) is 4.31. The summed E-state index contributed by atoms with van der Waals surface area (Å²) in [5.74, 6) is 1.28. The molecule has 6 nitrogen and oxygen atoms in total. The number of anilines is 1. The van der Waals surface area contributed by atoms with E-state index in [4.69, 9.17) is 5.73 Å². The summed E-state index contributed by atoms with van der Waals surface area (Å²) in [6.45, 7) is 7.15. The van der Waals surface area contributed by atoms with Crippen LogP contribution in [0, 0.1) is 0 Å². The molecule has 0 spiro atoms. The van der Waals surface area contributed by atoms with Gasteiger partial charge in [-0.1, -0.05) is 20.3 Å². The molecular formula is C13H22N6. The zero-order chi connectivity index (χ0) is 13.8. The van der Waals surface area contributed by atoms with Crippen LogP contribution in [0.4, 0.5) is 5.82 Å². The van der Waals surface area contributed by atoms with Gasteiger partial charge in [0.15, 0.2) is 5.65 Å². The molecule has 0 saturated carbocycles. The van der Waals surface area contributed by atoms with Gasteiger partial charge in [0.1, 0.15) is 11.6 Å². The van der Waals surface area contributed by atoms with Crippen LogP contribution in [0.1, 0.15) is 32.5 Å². The van der Waals surface area contributed by atoms with Gasteiger partial charge in [-0.2, -0.15) is 5.10 Å². The predicted molar refractivity (Wildman–Crippen MR) is 76.6 cm³/mol. The van der Waals surface area contributed by atoms with Crippen molar-refractivity contribution in [1.82, 2.24) is 24.6 Å². The molecule has 0 fully saturated rings. The van der Waals surface area contributed by atoms with E-state index in [1.165, 1.54) is 12.8 Å². The topological polar surface area (TPSA) is 72.9 Å². The van der Waals surface area contributed by atoms with Crippen LogP contribution < -0.4 is 5.73 Å². The molecule has 2 aromatic heterocycles. The molecule has 6 heteroatoms. The fourth-order valence-corrected chi connectivity index (χ4v) is 2.09. The molecule has 104 valence electrons. The van der Waals surface area contributed by atoms with E-state index in [9.17, 15) is 0 Å². The maximum Gasteiger partial charge on any atom is 0.163 e. The third-order valence-corrected chi connectivity index (χ3v) is 3.31. The third-order valence-electron chi connectivity index (χ3n) is 3.31. The molecule has 0 aliphatic carbocycles. The van der Waals surface area contributed by atoms with Crippen LogP contribution in [-0.2, 0) is 13.6 Å². The van der Waals surface area contributed by atoms with E-state index >= 15 is 0 Å². The summed E-state index contributed by atoms with van der Waals surface area (Å²) in [5.41, 5.74) is 6.76. The van der Waals surface area contributed by atoms with Crippen molar-refractivity contribution in [3.63, 3.8) is 0 Å². The Hall–Kier alpha value is -1.69. The zero-order valence-corrected chi connectivity index (χ0v) is 11.9. The Bertz CT molecular complexity index is 547. The molecule has 0 bridgehead atoms. The van der Waals surface area contributed by atoms with Gasteiger partial charge in [-0.15, -0.1) is 0 Å². The fourth-order valence-electron chi connectivity index (χ4n) is 2.09. The van der Waals surface area contributed by atoms with E-state index in [1.807, 2.05) is 7.05 Å². The first kappa shape index (κ1) is 13.7. The van der Waals surface area contributed by atoms with Gasteiger partial charge in [0.25, 0.3) is 0 Å². The highest BCUT2D eigenvalue weighted by Crippen LogP contribution is 2.17. The first-order valence-electron chi connectivity index (χ1n) is 6.82. The summed E-state index contributed by atoms with van der Waals surface area (Å²) in [6.07, 6.45) is 4.10. The number of aromatic nitrogens is 4. The molecule has 2 aromatic rings. The summed E-state index contributed by atoms with van der Waals surface area (Å²) >= 11 is 0. The number of nitrogen functional groups attached to an aromatic ring is 1. The molecule has 2 rings (SSSR count). The average molecular weight is 262 g/mol.